The molecule has 4 rings (SSSR count). The number of amides is 1. The van der Waals surface area contributed by atoms with E-state index in [9.17, 15) is 21.6 Å². The van der Waals surface area contributed by atoms with Gasteiger partial charge in [-0.15, -0.1) is 0 Å². The van der Waals surface area contributed by atoms with Gasteiger partial charge in [0.1, 0.15) is 4.90 Å². The first-order valence-electron chi connectivity index (χ1n) is 11.1. The monoisotopic (exact) mass is 623 g/mol. The Labute approximate surface area is 241 Å². The fraction of sp³-hybridized carbons (Fsp3) is 0.0385. The lowest BCUT2D eigenvalue weighted by atomic mass is 10.2. The lowest BCUT2D eigenvalue weighted by molar-refractivity contribution is 0.102. The third-order valence-electron chi connectivity index (χ3n) is 5.47. The standard InChI is InChI=1S/C26H20Cl3N3O5S2/c1-16-4-2-3-5-23(16)31-39(36,37)25-14-17(6-12-21(25)28)26(33)30-19-8-10-20(11-9-19)38(34,35)32-24-13-7-18(27)15-22(24)29/h2-15,31-32H,1H3,(H,30,33). The molecule has 0 bridgehead atoms. The van der Waals surface area contributed by atoms with Crippen LogP contribution in [-0.4, -0.2) is 22.7 Å². The van der Waals surface area contributed by atoms with Crippen LogP contribution in [0.5, 0.6) is 0 Å². The van der Waals surface area contributed by atoms with Crippen LogP contribution in [0.2, 0.25) is 15.1 Å². The summed E-state index contributed by atoms with van der Waals surface area (Å²) in [5, 5.41) is 3.04. The van der Waals surface area contributed by atoms with Gasteiger partial charge in [-0.25, -0.2) is 16.8 Å². The fourth-order valence-electron chi connectivity index (χ4n) is 3.43. The van der Waals surface area contributed by atoms with Crippen molar-refractivity contribution < 1.29 is 21.6 Å². The molecule has 0 aliphatic heterocycles. The van der Waals surface area contributed by atoms with E-state index in [1.54, 1.807) is 31.2 Å². The predicted molar refractivity (Wildman–Crippen MR) is 155 cm³/mol. The van der Waals surface area contributed by atoms with E-state index in [4.69, 9.17) is 34.8 Å². The molecule has 0 aromatic heterocycles. The molecule has 0 unspecified atom stereocenters. The molecule has 0 aliphatic rings. The van der Waals surface area contributed by atoms with Gasteiger partial charge in [0, 0.05) is 16.3 Å². The molecule has 0 atom stereocenters. The molecule has 3 N–H and O–H groups in total. The van der Waals surface area contributed by atoms with E-state index in [0.717, 1.165) is 6.07 Å². The Morgan fingerprint density at radius 1 is 0.692 bits per heavy atom. The average molecular weight is 625 g/mol. The number of hydrogen-bond acceptors (Lipinski definition) is 5. The second-order valence-electron chi connectivity index (χ2n) is 8.27. The Kier molecular flexibility index (Phi) is 8.43. The Balaban J connectivity index is 1.51. The average Bonchev–Trinajstić information content (AvgIpc) is 2.87. The van der Waals surface area contributed by atoms with Gasteiger partial charge in [0.15, 0.2) is 0 Å². The number of carbonyl (C=O) groups is 1. The van der Waals surface area contributed by atoms with Crippen LogP contribution in [0.1, 0.15) is 15.9 Å². The van der Waals surface area contributed by atoms with Crippen LogP contribution < -0.4 is 14.8 Å². The highest BCUT2D eigenvalue weighted by molar-refractivity contribution is 7.93. The number of benzene rings is 4. The highest BCUT2D eigenvalue weighted by Gasteiger charge is 2.22. The summed E-state index contributed by atoms with van der Waals surface area (Å²) in [5.74, 6) is -0.624. The summed E-state index contributed by atoms with van der Waals surface area (Å²) in [7, 11) is -8.08. The quantitative estimate of drug-likeness (QED) is 0.199. The minimum Gasteiger partial charge on any atom is -0.322 e. The second kappa shape index (κ2) is 11.4. The van der Waals surface area contributed by atoms with E-state index in [1.165, 1.54) is 54.6 Å². The summed E-state index contributed by atoms with van der Waals surface area (Å²) >= 11 is 18.1. The highest BCUT2D eigenvalue weighted by Crippen LogP contribution is 2.29. The van der Waals surface area contributed by atoms with Gasteiger partial charge in [0.05, 0.1) is 26.3 Å². The van der Waals surface area contributed by atoms with Crippen LogP contribution in [0.25, 0.3) is 0 Å². The minimum absolute atomic E-state index is 0.0281. The minimum atomic E-state index is -4.10. The largest absolute Gasteiger partial charge is 0.322 e. The van der Waals surface area contributed by atoms with Crippen molar-refractivity contribution in [1.82, 2.24) is 0 Å². The number of nitrogens with one attached hydrogen (secondary N) is 3. The van der Waals surface area contributed by atoms with Crippen molar-refractivity contribution in [3.63, 3.8) is 0 Å². The molecule has 4 aromatic carbocycles. The lowest BCUT2D eigenvalue weighted by Crippen LogP contribution is -2.17. The van der Waals surface area contributed by atoms with Gasteiger partial charge in [-0.05, 0) is 79.2 Å². The van der Waals surface area contributed by atoms with Crippen LogP contribution in [0.15, 0.2) is 94.7 Å². The van der Waals surface area contributed by atoms with Gasteiger partial charge in [0.25, 0.3) is 26.0 Å². The third kappa shape index (κ3) is 6.84. The molecular weight excluding hydrogens is 605 g/mol. The van der Waals surface area contributed by atoms with E-state index in [2.05, 4.69) is 14.8 Å². The summed E-state index contributed by atoms with van der Waals surface area (Å²) in [6.45, 7) is 1.75. The molecule has 0 spiro atoms. The van der Waals surface area contributed by atoms with Crippen molar-refractivity contribution in [2.75, 3.05) is 14.8 Å². The number of carbonyl (C=O) groups excluding carboxylic acids is 1. The lowest BCUT2D eigenvalue weighted by Gasteiger charge is -2.13. The summed E-state index contributed by atoms with van der Waals surface area (Å²) < 4.78 is 56.4. The van der Waals surface area contributed by atoms with E-state index in [0.29, 0.717) is 16.3 Å². The molecule has 1 amide bonds. The number of anilines is 3. The Hall–Kier alpha value is -3.28. The molecule has 0 saturated heterocycles. The van der Waals surface area contributed by atoms with Crippen LogP contribution in [-0.2, 0) is 20.0 Å². The van der Waals surface area contributed by atoms with Gasteiger partial charge in [-0.3, -0.25) is 14.2 Å². The summed E-state index contributed by atoms with van der Waals surface area (Å²) in [5.41, 5.74) is 1.55. The number of para-hydroxylation sites is 1. The van der Waals surface area contributed by atoms with E-state index < -0.39 is 26.0 Å². The van der Waals surface area contributed by atoms with Crippen molar-refractivity contribution in [2.45, 2.75) is 16.7 Å². The summed E-state index contributed by atoms with van der Waals surface area (Å²) in [4.78, 5) is 12.5. The van der Waals surface area contributed by atoms with Crippen LogP contribution in [0, 0.1) is 6.92 Å². The van der Waals surface area contributed by atoms with Crippen molar-refractivity contribution >= 4 is 77.8 Å². The van der Waals surface area contributed by atoms with E-state index in [-0.39, 0.29) is 36.8 Å². The van der Waals surface area contributed by atoms with Crippen molar-refractivity contribution in [1.29, 1.82) is 0 Å². The van der Waals surface area contributed by atoms with E-state index in [1.807, 2.05) is 0 Å². The van der Waals surface area contributed by atoms with Crippen LogP contribution in [0.3, 0.4) is 0 Å². The molecule has 13 heteroatoms. The zero-order valence-corrected chi connectivity index (χ0v) is 24.0. The maximum absolute atomic E-state index is 13.0. The molecule has 0 heterocycles. The Morgan fingerprint density at radius 3 is 2.03 bits per heavy atom. The smallest absolute Gasteiger partial charge is 0.263 e. The summed E-state index contributed by atoms with van der Waals surface area (Å²) in [6.07, 6.45) is 0. The van der Waals surface area contributed by atoms with Gasteiger partial charge in [-0.2, -0.15) is 0 Å². The van der Waals surface area contributed by atoms with Gasteiger partial charge in [0.2, 0.25) is 0 Å². The Morgan fingerprint density at radius 2 is 1.36 bits per heavy atom. The van der Waals surface area contributed by atoms with Gasteiger partial charge >= 0.3 is 0 Å². The normalized spacial score (nSPS) is 11.6. The van der Waals surface area contributed by atoms with Crippen LogP contribution in [0.4, 0.5) is 17.1 Å². The second-order valence-corrected chi connectivity index (χ2v) is 12.9. The summed E-state index contributed by atoms with van der Waals surface area (Å²) in [6, 6.07) is 20.4. The Bertz CT molecular complexity index is 1780. The van der Waals surface area contributed by atoms with Crippen molar-refractivity contribution in [2.24, 2.45) is 0 Å². The number of sulfonamides is 2. The molecule has 4 aromatic rings. The van der Waals surface area contributed by atoms with Crippen molar-refractivity contribution in [3.8, 4) is 0 Å². The van der Waals surface area contributed by atoms with Gasteiger partial charge < -0.3 is 5.32 Å². The maximum atomic E-state index is 13.0. The third-order valence-corrected chi connectivity index (χ3v) is 9.25. The molecule has 8 nitrogen and oxygen atoms in total. The zero-order chi connectivity index (χ0) is 28.4. The molecule has 39 heavy (non-hydrogen) atoms. The number of halogens is 3. The molecule has 0 fully saturated rings. The zero-order valence-electron chi connectivity index (χ0n) is 20.1. The maximum Gasteiger partial charge on any atom is 0.263 e. The first-order valence-corrected chi connectivity index (χ1v) is 15.2. The number of hydrogen-bond donors (Lipinski definition) is 3. The molecule has 0 radical (unpaired) electrons. The predicted octanol–water partition coefficient (Wildman–Crippen LogP) is 6.81. The fourth-order valence-corrected chi connectivity index (χ4v) is 6.68. The first kappa shape index (κ1) is 28.7. The molecule has 0 aliphatic carbocycles. The molecular formula is C26H20Cl3N3O5S2. The molecule has 202 valence electrons. The van der Waals surface area contributed by atoms with Gasteiger partial charge in [-0.1, -0.05) is 53.0 Å². The van der Waals surface area contributed by atoms with Crippen LogP contribution >= 0.6 is 34.8 Å². The number of aryl methyl sites for hydroxylation is 1. The first-order chi connectivity index (χ1) is 18.4. The SMILES string of the molecule is Cc1ccccc1NS(=O)(=O)c1cc(C(=O)Nc2ccc(S(=O)(=O)Nc3ccc(Cl)cc3Cl)cc2)ccc1Cl. The number of rotatable bonds is 8. The highest BCUT2D eigenvalue weighted by atomic mass is 35.5. The van der Waals surface area contributed by atoms with Crippen molar-refractivity contribution in [3.05, 3.63) is 111 Å². The molecule has 0 saturated carbocycles. The topological polar surface area (TPSA) is 121 Å². The van der Waals surface area contributed by atoms with E-state index >= 15 is 0 Å².